The fourth-order valence-electron chi connectivity index (χ4n) is 1.90. The lowest BCUT2D eigenvalue weighted by Gasteiger charge is -2.22. The molecule has 1 N–H and O–H groups in total. The van der Waals surface area contributed by atoms with Crippen LogP contribution in [-0.2, 0) is 4.74 Å². The summed E-state index contributed by atoms with van der Waals surface area (Å²) < 4.78 is 5.61. The zero-order valence-corrected chi connectivity index (χ0v) is 10.1. The molecule has 15 heavy (non-hydrogen) atoms. The van der Waals surface area contributed by atoms with Crippen LogP contribution in [0.5, 0.6) is 0 Å². The van der Waals surface area contributed by atoms with Gasteiger partial charge < -0.3 is 10.1 Å². The minimum atomic E-state index is 0.361. The van der Waals surface area contributed by atoms with Gasteiger partial charge in [0.1, 0.15) is 0 Å². The van der Waals surface area contributed by atoms with E-state index in [2.05, 4.69) is 30.6 Å². The van der Waals surface area contributed by atoms with Crippen molar-refractivity contribution in [1.82, 2.24) is 10.2 Å². The Balaban J connectivity index is 2.26. The predicted molar refractivity (Wildman–Crippen MR) is 64.2 cm³/mol. The molecule has 1 unspecified atom stereocenters. The number of nitrogens with zero attached hydrogens (tertiary/aromatic N) is 1. The zero-order chi connectivity index (χ0) is 11.1. The molecule has 1 rings (SSSR count). The van der Waals surface area contributed by atoms with E-state index in [1.54, 1.807) is 0 Å². The summed E-state index contributed by atoms with van der Waals surface area (Å²) in [6.45, 7) is 14.4. The largest absolute Gasteiger partial charge is 0.377 e. The van der Waals surface area contributed by atoms with Crippen LogP contribution in [0.25, 0.3) is 0 Å². The van der Waals surface area contributed by atoms with Gasteiger partial charge in [0.15, 0.2) is 0 Å². The van der Waals surface area contributed by atoms with Gasteiger partial charge in [-0.2, -0.15) is 0 Å². The fraction of sp³-hybridized carbons (Fsp3) is 0.833. The smallest absolute Gasteiger partial charge is 0.0674 e. The van der Waals surface area contributed by atoms with Crippen LogP contribution in [0.15, 0.2) is 12.2 Å². The van der Waals surface area contributed by atoms with Crippen molar-refractivity contribution >= 4 is 0 Å². The molecule has 1 atom stereocenters. The van der Waals surface area contributed by atoms with Crippen LogP contribution in [0.1, 0.15) is 20.3 Å². The molecule has 0 bridgehead atoms. The number of rotatable bonds is 5. The van der Waals surface area contributed by atoms with Gasteiger partial charge in [0.05, 0.1) is 6.10 Å². The Kier molecular flexibility index (Phi) is 5.91. The van der Waals surface area contributed by atoms with Crippen LogP contribution < -0.4 is 5.32 Å². The average molecular weight is 212 g/mol. The van der Waals surface area contributed by atoms with Crippen LogP contribution in [0.4, 0.5) is 0 Å². The fourth-order valence-corrected chi connectivity index (χ4v) is 1.90. The molecule has 1 saturated heterocycles. The van der Waals surface area contributed by atoms with Crippen molar-refractivity contribution in [2.75, 3.05) is 39.3 Å². The van der Waals surface area contributed by atoms with Gasteiger partial charge in [0.25, 0.3) is 0 Å². The second-order valence-corrected chi connectivity index (χ2v) is 4.30. The van der Waals surface area contributed by atoms with Gasteiger partial charge in [0, 0.05) is 32.8 Å². The van der Waals surface area contributed by atoms with Crippen LogP contribution in [0, 0.1) is 0 Å². The maximum Gasteiger partial charge on any atom is 0.0674 e. The third-order valence-corrected chi connectivity index (χ3v) is 2.61. The van der Waals surface area contributed by atoms with Gasteiger partial charge >= 0.3 is 0 Å². The maximum atomic E-state index is 5.61. The van der Waals surface area contributed by atoms with E-state index in [-0.39, 0.29) is 0 Å². The Labute approximate surface area is 93.5 Å². The molecule has 0 aromatic rings. The highest BCUT2D eigenvalue weighted by Gasteiger charge is 2.14. The summed E-state index contributed by atoms with van der Waals surface area (Å²) in [5, 5.41) is 3.31. The Bertz CT molecular complexity index is 194. The van der Waals surface area contributed by atoms with E-state index in [9.17, 15) is 0 Å². The first kappa shape index (κ1) is 12.7. The number of hydrogen-bond donors (Lipinski definition) is 1. The average Bonchev–Trinajstić information content (AvgIpc) is 2.39. The molecule has 1 heterocycles. The molecule has 0 aromatic heterocycles. The molecule has 1 aliphatic heterocycles. The lowest BCUT2D eigenvalue weighted by atomic mass is 10.2. The van der Waals surface area contributed by atoms with Crippen LogP contribution >= 0.6 is 0 Å². The monoisotopic (exact) mass is 212 g/mol. The molecule has 3 heteroatoms. The molecule has 0 amide bonds. The summed E-state index contributed by atoms with van der Waals surface area (Å²) in [7, 11) is 0. The standard InChI is InChI=1S/C12H24N2O/c1-4-13-8-11(2)9-14-6-5-7-15-12(3)10-14/h12-13H,2,4-10H2,1,3H3. The topological polar surface area (TPSA) is 24.5 Å². The SMILES string of the molecule is C=C(CNCC)CN1CCCOC(C)C1. The lowest BCUT2D eigenvalue weighted by molar-refractivity contribution is 0.0689. The molecule has 0 aromatic carbocycles. The van der Waals surface area contributed by atoms with Crippen molar-refractivity contribution in [3.8, 4) is 0 Å². The normalized spacial score (nSPS) is 23.7. The van der Waals surface area contributed by atoms with Gasteiger partial charge in [-0.1, -0.05) is 13.5 Å². The summed E-state index contributed by atoms with van der Waals surface area (Å²) in [6.07, 6.45) is 1.50. The van der Waals surface area contributed by atoms with Crippen molar-refractivity contribution in [1.29, 1.82) is 0 Å². The first-order valence-corrected chi connectivity index (χ1v) is 5.93. The molecule has 1 aliphatic rings. The van der Waals surface area contributed by atoms with Crippen molar-refractivity contribution in [3.63, 3.8) is 0 Å². The Morgan fingerprint density at radius 2 is 2.40 bits per heavy atom. The number of nitrogens with one attached hydrogen (secondary N) is 1. The van der Waals surface area contributed by atoms with Crippen LogP contribution in [-0.4, -0.2) is 50.3 Å². The molecule has 0 radical (unpaired) electrons. The highest BCUT2D eigenvalue weighted by Crippen LogP contribution is 2.06. The predicted octanol–water partition coefficient (Wildman–Crippen LogP) is 1.26. The molecule has 0 spiro atoms. The molecule has 3 nitrogen and oxygen atoms in total. The van der Waals surface area contributed by atoms with Gasteiger partial charge in [-0.25, -0.2) is 0 Å². The summed E-state index contributed by atoms with van der Waals surface area (Å²) in [5.41, 5.74) is 1.27. The van der Waals surface area contributed by atoms with Crippen LogP contribution in [0.2, 0.25) is 0 Å². The molecule has 1 fully saturated rings. The first-order valence-electron chi connectivity index (χ1n) is 5.93. The van der Waals surface area contributed by atoms with E-state index >= 15 is 0 Å². The van der Waals surface area contributed by atoms with Gasteiger partial charge in [0.2, 0.25) is 0 Å². The first-order chi connectivity index (χ1) is 7.22. The van der Waals surface area contributed by atoms with E-state index < -0.39 is 0 Å². The quantitative estimate of drug-likeness (QED) is 0.694. The maximum absolute atomic E-state index is 5.61. The molecule has 88 valence electrons. The lowest BCUT2D eigenvalue weighted by Crippen LogP contribution is -2.33. The molecular weight excluding hydrogens is 188 g/mol. The Morgan fingerprint density at radius 1 is 1.60 bits per heavy atom. The van der Waals surface area contributed by atoms with Gasteiger partial charge in [-0.05, 0) is 25.5 Å². The van der Waals surface area contributed by atoms with E-state index in [0.29, 0.717) is 6.10 Å². The summed E-state index contributed by atoms with van der Waals surface area (Å²) in [5.74, 6) is 0. The summed E-state index contributed by atoms with van der Waals surface area (Å²) in [4.78, 5) is 2.44. The number of hydrogen-bond acceptors (Lipinski definition) is 3. The van der Waals surface area contributed by atoms with Crippen molar-refractivity contribution < 1.29 is 4.74 Å². The highest BCUT2D eigenvalue weighted by atomic mass is 16.5. The third-order valence-electron chi connectivity index (χ3n) is 2.61. The second kappa shape index (κ2) is 6.99. The van der Waals surface area contributed by atoms with E-state index in [4.69, 9.17) is 4.74 Å². The van der Waals surface area contributed by atoms with Crippen LogP contribution in [0.3, 0.4) is 0 Å². The summed E-state index contributed by atoms with van der Waals surface area (Å²) in [6, 6.07) is 0. The zero-order valence-electron chi connectivity index (χ0n) is 10.1. The van der Waals surface area contributed by atoms with E-state index in [1.807, 2.05) is 0 Å². The number of likely N-dealkylation sites (N-methyl/N-ethyl adjacent to an activating group) is 1. The number of ether oxygens (including phenoxy) is 1. The minimum Gasteiger partial charge on any atom is -0.377 e. The third kappa shape index (κ3) is 5.30. The summed E-state index contributed by atoms with van der Waals surface area (Å²) >= 11 is 0. The van der Waals surface area contributed by atoms with Crippen molar-refractivity contribution in [2.45, 2.75) is 26.4 Å². The van der Waals surface area contributed by atoms with Crippen molar-refractivity contribution in [2.24, 2.45) is 0 Å². The Morgan fingerprint density at radius 3 is 3.13 bits per heavy atom. The minimum absolute atomic E-state index is 0.361. The van der Waals surface area contributed by atoms with E-state index in [0.717, 1.165) is 45.8 Å². The van der Waals surface area contributed by atoms with E-state index in [1.165, 1.54) is 5.57 Å². The van der Waals surface area contributed by atoms with Crippen molar-refractivity contribution in [3.05, 3.63) is 12.2 Å². The van der Waals surface area contributed by atoms with Gasteiger partial charge in [-0.15, -0.1) is 0 Å². The molecule has 0 aliphatic carbocycles. The second-order valence-electron chi connectivity index (χ2n) is 4.30. The highest BCUT2D eigenvalue weighted by molar-refractivity contribution is 5.00. The molecular formula is C12H24N2O. The Hall–Kier alpha value is -0.380. The molecule has 0 saturated carbocycles. The van der Waals surface area contributed by atoms with Gasteiger partial charge in [-0.3, -0.25) is 4.90 Å².